The molecular weight excluding hydrogens is 330 g/mol. The summed E-state index contributed by atoms with van der Waals surface area (Å²) in [6.07, 6.45) is 1.93. The molecule has 4 rings (SSSR count). The monoisotopic (exact) mass is 351 g/mol. The van der Waals surface area contributed by atoms with Gasteiger partial charge in [0.1, 0.15) is 0 Å². The van der Waals surface area contributed by atoms with E-state index in [1.54, 1.807) is 11.3 Å². The van der Waals surface area contributed by atoms with Gasteiger partial charge >= 0.3 is 0 Å². The number of fused-ring (bicyclic) bond motifs is 1. The van der Waals surface area contributed by atoms with Crippen molar-refractivity contribution in [3.05, 3.63) is 58.4 Å². The number of rotatable bonds is 3. The predicted molar refractivity (Wildman–Crippen MR) is 104 cm³/mol. The first-order valence-corrected chi connectivity index (χ1v) is 9.59. The maximum absolute atomic E-state index is 12.2. The summed E-state index contributed by atoms with van der Waals surface area (Å²) in [5.41, 5.74) is 4.11. The van der Waals surface area contributed by atoms with Crippen LogP contribution in [-0.2, 0) is 0 Å². The van der Waals surface area contributed by atoms with Gasteiger partial charge in [-0.25, -0.2) is 0 Å². The van der Waals surface area contributed by atoms with E-state index in [-0.39, 0.29) is 11.9 Å². The van der Waals surface area contributed by atoms with Gasteiger partial charge in [0, 0.05) is 46.8 Å². The van der Waals surface area contributed by atoms with Crippen LogP contribution in [0.3, 0.4) is 0 Å². The highest BCUT2D eigenvalue weighted by molar-refractivity contribution is 7.08. The number of aromatic nitrogens is 1. The molecular formula is C20H21N3OS. The number of anilines is 1. The van der Waals surface area contributed by atoms with Crippen LogP contribution in [0.4, 0.5) is 5.69 Å². The lowest BCUT2D eigenvalue weighted by Crippen LogP contribution is -2.44. The number of nitrogens with zero attached hydrogens (tertiary/aromatic N) is 2. The first kappa shape index (κ1) is 16.1. The normalized spacial score (nSPS) is 15.5. The van der Waals surface area contributed by atoms with Crippen molar-refractivity contribution in [3.8, 4) is 0 Å². The first-order chi connectivity index (χ1) is 12.2. The maximum atomic E-state index is 12.2. The van der Waals surface area contributed by atoms with Gasteiger partial charge in [-0.1, -0.05) is 18.2 Å². The smallest absolute Gasteiger partial charge is 0.252 e. The zero-order valence-electron chi connectivity index (χ0n) is 14.2. The van der Waals surface area contributed by atoms with E-state index in [9.17, 15) is 4.79 Å². The SMILES string of the molecule is Cc1cc(N2CCC(NC(=O)c3ccsc3)CC2)c2ccccc2n1. The molecule has 1 aromatic carbocycles. The number of para-hydroxylation sites is 1. The summed E-state index contributed by atoms with van der Waals surface area (Å²) in [6, 6.07) is 12.6. The van der Waals surface area contributed by atoms with Crippen molar-refractivity contribution < 1.29 is 4.79 Å². The molecule has 0 unspecified atom stereocenters. The molecule has 1 saturated heterocycles. The molecule has 2 aromatic heterocycles. The van der Waals surface area contributed by atoms with E-state index < -0.39 is 0 Å². The number of carbonyl (C=O) groups is 1. The fourth-order valence-corrected chi connectivity index (χ4v) is 4.11. The number of carbonyl (C=O) groups excluding carboxylic acids is 1. The standard InChI is InChI=1S/C20H21N3OS/c1-14-12-19(17-4-2-3-5-18(17)21-14)23-9-6-16(7-10-23)22-20(24)15-8-11-25-13-15/h2-5,8,11-13,16H,6-7,9-10H2,1H3,(H,22,24). The fraction of sp³-hybridized carbons (Fsp3) is 0.300. The van der Waals surface area contributed by atoms with Crippen LogP contribution in [0.2, 0.25) is 0 Å². The van der Waals surface area contributed by atoms with E-state index in [4.69, 9.17) is 0 Å². The van der Waals surface area contributed by atoms with E-state index in [1.165, 1.54) is 11.1 Å². The predicted octanol–water partition coefficient (Wildman–Crippen LogP) is 4.00. The Balaban J connectivity index is 1.46. The van der Waals surface area contributed by atoms with Crippen molar-refractivity contribution in [1.29, 1.82) is 0 Å². The van der Waals surface area contributed by atoms with Crippen LogP contribution in [0.25, 0.3) is 10.9 Å². The number of aryl methyl sites for hydroxylation is 1. The van der Waals surface area contributed by atoms with Gasteiger partial charge in [0.05, 0.1) is 5.52 Å². The minimum atomic E-state index is 0.0462. The molecule has 4 nitrogen and oxygen atoms in total. The second kappa shape index (κ2) is 6.84. The Morgan fingerprint density at radius 2 is 2.04 bits per heavy atom. The lowest BCUT2D eigenvalue weighted by atomic mass is 10.0. The zero-order valence-corrected chi connectivity index (χ0v) is 15.1. The largest absolute Gasteiger partial charge is 0.371 e. The topological polar surface area (TPSA) is 45.2 Å². The first-order valence-electron chi connectivity index (χ1n) is 8.65. The number of hydrogen-bond donors (Lipinski definition) is 1. The van der Waals surface area contributed by atoms with Crippen LogP contribution in [0.1, 0.15) is 28.9 Å². The molecule has 1 N–H and O–H groups in total. The Kier molecular flexibility index (Phi) is 4.40. The Morgan fingerprint density at radius 3 is 2.80 bits per heavy atom. The van der Waals surface area contributed by atoms with Crippen LogP contribution in [-0.4, -0.2) is 30.0 Å². The van der Waals surface area contributed by atoms with Gasteiger partial charge in [0.2, 0.25) is 0 Å². The van der Waals surface area contributed by atoms with Crippen molar-refractivity contribution in [2.45, 2.75) is 25.8 Å². The number of benzene rings is 1. The molecule has 128 valence electrons. The molecule has 1 aliphatic heterocycles. The van der Waals surface area contributed by atoms with Crippen molar-refractivity contribution in [2.75, 3.05) is 18.0 Å². The van der Waals surface area contributed by atoms with Gasteiger partial charge in [-0.3, -0.25) is 9.78 Å². The van der Waals surface area contributed by atoms with Crippen LogP contribution in [0.5, 0.6) is 0 Å². The number of amides is 1. The number of hydrogen-bond acceptors (Lipinski definition) is 4. The average Bonchev–Trinajstić information content (AvgIpc) is 3.16. The summed E-state index contributed by atoms with van der Waals surface area (Å²) in [5, 5.41) is 8.21. The zero-order chi connectivity index (χ0) is 17.2. The molecule has 0 saturated carbocycles. The van der Waals surface area contributed by atoms with E-state index in [2.05, 4.69) is 39.5 Å². The molecule has 0 spiro atoms. The van der Waals surface area contributed by atoms with Crippen LogP contribution in [0.15, 0.2) is 47.2 Å². The van der Waals surface area contributed by atoms with Crippen LogP contribution in [0, 0.1) is 6.92 Å². The number of nitrogens with one attached hydrogen (secondary N) is 1. The molecule has 25 heavy (non-hydrogen) atoms. The average molecular weight is 351 g/mol. The molecule has 1 fully saturated rings. The molecule has 1 amide bonds. The van der Waals surface area contributed by atoms with Gasteiger partial charge in [0.15, 0.2) is 0 Å². The van der Waals surface area contributed by atoms with Crippen molar-refractivity contribution >= 4 is 33.8 Å². The number of piperidine rings is 1. The molecule has 0 bridgehead atoms. The minimum Gasteiger partial charge on any atom is -0.371 e. The van der Waals surface area contributed by atoms with Gasteiger partial charge in [-0.15, -0.1) is 0 Å². The molecule has 3 aromatic rings. The van der Waals surface area contributed by atoms with Gasteiger partial charge in [0.25, 0.3) is 5.91 Å². The Labute approximate surface area is 151 Å². The summed E-state index contributed by atoms with van der Waals surface area (Å²) >= 11 is 1.56. The third-order valence-electron chi connectivity index (χ3n) is 4.78. The fourth-order valence-electron chi connectivity index (χ4n) is 3.47. The third-order valence-corrected chi connectivity index (χ3v) is 5.46. The molecule has 0 atom stereocenters. The summed E-state index contributed by atoms with van der Waals surface area (Å²) in [6.45, 7) is 3.94. The highest BCUT2D eigenvalue weighted by Gasteiger charge is 2.22. The van der Waals surface area contributed by atoms with Crippen molar-refractivity contribution in [3.63, 3.8) is 0 Å². The molecule has 0 radical (unpaired) electrons. The quantitative estimate of drug-likeness (QED) is 0.776. The lowest BCUT2D eigenvalue weighted by molar-refractivity contribution is 0.0931. The van der Waals surface area contributed by atoms with Crippen LogP contribution >= 0.6 is 11.3 Å². The van der Waals surface area contributed by atoms with Gasteiger partial charge in [-0.05, 0) is 43.3 Å². The highest BCUT2D eigenvalue weighted by atomic mass is 32.1. The second-order valence-electron chi connectivity index (χ2n) is 6.55. The minimum absolute atomic E-state index is 0.0462. The molecule has 1 aliphatic rings. The Morgan fingerprint density at radius 1 is 1.24 bits per heavy atom. The third kappa shape index (κ3) is 3.37. The number of thiophene rings is 1. The number of pyridine rings is 1. The van der Waals surface area contributed by atoms with E-state index in [0.29, 0.717) is 0 Å². The summed E-state index contributed by atoms with van der Waals surface area (Å²) in [5.74, 6) is 0.0462. The summed E-state index contributed by atoms with van der Waals surface area (Å²) in [4.78, 5) is 19.3. The maximum Gasteiger partial charge on any atom is 0.252 e. The van der Waals surface area contributed by atoms with Gasteiger partial charge < -0.3 is 10.2 Å². The van der Waals surface area contributed by atoms with Crippen LogP contribution < -0.4 is 10.2 Å². The Bertz CT molecular complexity index is 883. The second-order valence-corrected chi connectivity index (χ2v) is 7.33. The van der Waals surface area contributed by atoms with Crippen molar-refractivity contribution in [2.24, 2.45) is 0 Å². The lowest BCUT2D eigenvalue weighted by Gasteiger charge is -2.34. The van der Waals surface area contributed by atoms with Crippen molar-refractivity contribution in [1.82, 2.24) is 10.3 Å². The summed E-state index contributed by atoms with van der Waals surface area (Å²) < 4.78 is 0. The highest BCUT2D eigenvalue weighted by Crippen LogP contribution is 2.29. The summed E-state index contributed by atoms with van der Waals surface area (Å²) in [7, 11) is 0. The van der Waals surface area contributed by atoms with E-state index in [0.717, 1.165) is 42.7 Å². The Hall–Kier alpha value is -2.40. The van der Waals surface area contributed by atoms with Gasteiger partial charge in [-0.2, -0.15) is 11.3 Å². The van der Waals surface area contributed by atoms with E-state index >= 15 is 0 Å². The molecule has 0 aliphatic carbocycles. The molecule has 5 heteroatoms. The molecule has 3 heterocycles. The van der Waals surface area contributed by atoms with E-state index in [1.807, 2.05) is 29.8 Å².